The van der Waals surface area contributed by atoms with Crippen LogP contribution >= 0.6 is 0 Å². The molecule has 0 aliphatic carbocycles. The predicted molar refractivity (Wildman–Crippen MR) is 132 cm³/mol. The summed E-state index contributed by atoms with van der Waals surface area (Å²) in [6.45, 7) is 7.49. The Kier molecular flexibility index (Phi) is 7.26. The fourth-order valence-corrected chi connectivity index (χ4v) is 4.37. The smallest absolute Gasteiger partial charge is 0.232 e. The van der Waals surface area contributed by atoms with E-state index in [0.29, 0.717) is 31.3 Å². The summed E-state index contributed by atoms with van der Waals surface area (Å²) < 4.78 is 22.7. The van der Waals surface area contributed by atoms with Crippen LogP contribution in [-0.2, 0) is 11.2 Å². The van der Waals surface area contributed by atoms with Gasteiger partial charge in [-0.25, -0.2) is 0 Å². The molecule has 1 amide bonds. The van der Waals surface area contributed by atoms with Crippen LogP contribution in [0.3, 0.4) is 0 Å². The Hall–Kier alpha value is -3.67. The van der Waals surface area contributed by atoms with E-state index < -0.39 is 0 Å². The van der Waals surface area contributed by atoms with Gasteiger partial charge in [0.1, 0.15) is 11.5 Å². The normalized spacial score (nSPS) is 15.0. The molecule has 0 radical (unpaired) electrons. The quantitative estimate of drug-likeness (QED) is 0.417. The van der Waals surface area contributed by atoms with E-state index in [9.17, 15) is 4.79 Å². The average molecular weight is 462 g/mol. The summed E-state index contributed by atoms with van der Waals surface area (Å²) in [5.74, 6) is 2.91. The van der Waals surface area contributed by atoms with Crippen molar-refractivity contribution in [1.82, 2.24) is 0 Å². The van der Waals surface area contributed by atoms with Gasteiger partial charge < -0.3 is 23.8 Å². The molecular formula is C28H31NO5. The molecule has 3 aromatic rings. The SMILES string of the molecule is CCOc1ccc([C@@H]2c3cc(OCC)c(OCC)cc3CC(=O)N2c2ccc(OC)cc2)cc1. The standard InChI is InChI=1S/C28H31NO5/c1-5-32-23-12-8-19(9-13-23)28-24-18-26(34-7-3)25(33-6-2)16-20(24)17-27(30)29(28)21-10-14-22(31-4)15-11-21/h8-16,18,28H,5-7,17H2,1-4H3/t28-/m1/s1. The Morgan fingerprint density at radius 2 is 1.38 bits per heavy atom. The molecule has 1 atom stereocenters. The van der Waals surface area contributed by atoms with Gasteiger partial charge in [-0.2, -0.15) is 0 Å². The van der Waals surface area contributed by atoms with Gasteiger partial charge in [-0.3, -0.25) is 4.79 Å². The number of carbonyl (C=O) groups is 1. The molecular weight excluding hydrogens is 430 g/mol. The van der Waals surface area contributed by atoms with Crippen molar-refractivity contribution in [3.05, 3.63) is 77.4 Å². The molecule has 0 aromatic heterocycles. The highest BCUT2D eigenvalue weighted by Gasteiger charge is 2.36. The van der Waals surface area contributed by atoms with E-state index in [1.54, 1.807) is 7.11 Å². The lowest BCUT2D eigenvalue weighted by Crippen LogP contribution is -2.41. The number of anilines is 1. The predicted octanol–water partition coefficient (Wildman–Crippen LogP) is 5.57. The number of benzene rings is 3. The number of carbonyl (C=O) groups excluding carboxylic acids is 1. The van der Waals surface area contributed by atoms with E-state index in [-0.39, 0.29) is 18.4 Å². The summed E-state index contributed by atoms with van der Waals surface area (Å²) in [4.78, 5) is 15.4. The summed E-state index contributed by atoms with van der Waals surface area (Å²) in [7, 11) is 1.63. The second-order valence-electron chi connectivity index (χ2n) is 7.91. The van der Waals surface area contributed by atoms with Crippen molar-refractivity contribution in [2.45, 2.75) is 33.2 Å². The zero-order valence-electron chi connectivity index (χ0n) is 20.2. The van der Waals surface area contributed by atoms with Crippen molar-refractivity contribution in [3.63, 3.8) is 0 Å². The molecule has 0 N–H and O–H groups in total. The zero-order chi connectivity index (χ0) is 24.1. The summed E-state index contributed by atoms with van der Waals surface area (Å²) in [6, 6.07) is 19.2. The van der Waals surface area contributed by atoms with Crippen LogP contribution in [-0.4, -0.2) is 32.8 Å². The molecule has 6 heteroatoms. The van der Waals surface area contributed by atoms with E-state index in [2.05, 4.69) is 0 Å². The molecule has 0 saturated heterocycles. The summed E-state index contributed by atoms with van der Waals surface area (Å²) in [5.41, 5.74) is 3.76. The summed E-state index contributed by atoms with van der Waals surface area (Å²) >= 11 is 0. The fourth-order valence-electron chi connectivity index (χ4n) is 4.37. The number of amides is 1. The molecule has 0 fully saturated rings. The summed E-state index contributed by atoms with van der Waals surface area (Å²) in [6.07, 6.45) is 0.279. The third kappa shape index (κ3) is 4.67. The highest BCUT2D eigenvalue weighted by Crippen LogP contribution is 2.44. The van der Waals surface area contributed by atoms with Crippen LogP contribution in [0.5, 0.6) is 23.0 Å². The molecule has 3 aromatic carbocycles. The van der Waals surface area contributed by atoms with Crippen molar-refractivity contribution in [1.29, 1.82) is 0 Å². The van der Waals surface area contributed by atoms with Gasteiger partial charge in [0, 0.05) is 5.69 Å². The summed E-state index contributed by atoms with van der Waals surface area (Å²) in [5, 5.41) is 0. The van der Waals surface area contributed by atoms with Crippen molar-refractivity contribution in [2.75, 3.05) is 31.8 Å². The molecule has 0 spiro atoms. The van der Waals surface area contributed by atoms with Crippen LogP contribution in [0.15, 0.2) is 60.7 Å². The third-order valence-corrected chi connectivity index (χ3v) is 5.83. The molecule has 178 valence electrons. The number of rotatable bonds is 9. The number of fused-ring (bicyclic) bond motifs is 1. The highest BCUT2D eigenvalue weighted by molar-refractivity contribution is 5.98. The van der Waals surface area contributed by atoms with E-state index in [0.717, 1.165) is 33.9 Å². The van der Waals surface area contributed by atoms with Gasteiger partial charge in [-0.05, 0) is 86.0 Å². The molecule has 34 heavy (non-hydrogen) atoms. The monoisotopic (exact) mass is 461 g/mol. The first kappa shape index (κ1) is 23.5. The number of nitrogens with zero attached hydrogens (tertiary/aromatic N) is 1. The Bertz CT molecular complexity index is 1120. The van der Waals surface area contributed by atoms with Gasteiger partial charge in [0.25, 0.3) is 0 Å². The topological polar surface area (TPSA) is 57.2 Å². The number of ether oxygens (including phenoxy) is 4. The van der Waals surface area contributed by atoms with Crippen LogP contribution < -0.4 is 23.8 Å². The molecule has 0 saturated carbocycles. The maximum Gasteiger partial charge on any atom is 0.232 e. The van der Waals surface area contributed by atoms with E-state index in [4.69, 9.17) is 18.9 Å². The van der Waals surface area contributed by atoms with Gasteiger partial charge in [-0.1, -0.05) is 12.1 Å². The van der Waals surface area contributed by atoms with Crippen LogP contribution in [0.2, 0.25) is 0 Å². The van der Waals surface area contributed by atoms with Gasteiger partial charge in [0.05, 0.1) is 39.4 Å². The Morgan fingerprint density at radius 3 is 1.97 bits per heavy atom. The zero-order valence-corrected chi connectivity index (χ0v) is 20.2. The van der Waals surface area contributed by atoms with E-state index in [1.165, 1.54) is 0 Å². The first-order chi connectivity index (χ1) is 16.6. The number of methoxy groups -OCH3 is 1. The maximum absolute atomic E-state index is 13.5. The molecule has 1 aliphatic rings. The van der Waals surface area contributed by atoms with E-state index in [1.807, 2.05) is 86.3 Å². The first-order valence-corrected chi connectivity index (χ1v) is 11.7. The first-order valence-electron chi connectivity index (χ1n) is 11.7. The minimum atomic E-state index is -0.324. The largest absolute Gasteiger partial charge is 0.497 e. The number of hydrogen-bond acceptors (Lipinski definition) is 5. The Morgan fingerprint density at radius 1 is 0.794 bits per heavy atom. The second kappa shape index (κ2) is 10.5. The van der Waals surface area contributed by atoms with Gasteiger partial charge in [0.2, 0.25) is 5.91 Å². The van der Waals surface area contributed by atoms with Crippen molar-refractivity contribution in [2.24, 2.45) is 0 Å². The molecule has 1 heterocycles. The average Bonchev–Trinajstić information content (AvgIpc) is 2.85. The molecule has 4 rings (SSSR count). The van der Waals surface area contributed by atoms with Crippen LogP contribution in [0, 0.1) is 0 Å². The second-order valence-corrected chi connectivity index (χ2v) is 7.91. The highest BCUT2D eigenvalue weighted by atomic mass is 16.5. The lowest BCUT2D eigenvalue weighted by molar-refractivity contribution is -0.118. The molecule has 1 aliphatic heterocycles. The maximum atomic E-state index is 13.5. The van der Waals surface area contributed by atoms with E-state index >= 15 is 0 Å². The lowest BCUT2D eigenvalue weighted by atomic mass is 9.86. The van der Waals surface area contributed by atoms with Crippen LogP contribution in [0.1, 0.15) is 43.5 Å². The number of hydrogen-bond donors (Lipinski definition) is 0. The van der Waals surface area contributed by atoms with Crippen molar-refractivity contribution >= 4 is 11.6 Å². The van der Waals surface area contributed by atoms with Gasteiger partial charge in [-0.15, -0.1) is 0 Å². The van der Waals surface area contributed by atoms with Crippen molar-refractivity contribution < 1.29 is 23.7 Å². The minimum Gasteiger partial charge on any atom is -0.497 e. The minimum absolute atomic E-state index is 0.0168. The Balaban J connectivity index is 1.87. The van der Waals surface area contributed by atoms with Gasteiger partial charge >= 0.3 is 0 Å². The molecule has 0 unspecified atom stereocenters. The molecule has 6 nitrogen and oxygen atoms in total. The third-order valence-electron chi connectivity index (χ3n) is 5.83. The molecule has 0 bridgehead atoms. The Labute approximate surface area is 201 Å². The van der Waals surface area contributed by atoms with Crippen molar-refractivity contribution in [3.8, 4) is 23.0 Å². The van der Waals surface area contributed by atoms with Crippen LogP contribution in [0.4, 0.5) is 5.69 Å². The van der Waals surface area contributed by atoms with Crippen LogP contribution in [0.25, 0.3) is 0 Å². The fraction of sp³-hybridized carbons (Fsp3) is 0.321. The van der Waals surface area contributed by atoms with Gasteiger partial charge in [0.15, 0.2) is 11.5 Å². The lowest BCUT2D eigenvalue weighted by Gasteiger charge is -2.38.